The second-order valence-electron chi connectivity index (χ2n) is 5.89. The molecule has 0 aliphatic rings. The van der Waals surface area contributed by atoms with Gasteiger partial charge in [-0.2, -0.15) is 0 Å². The van der Waals surface area contributed by atoms with Gasteiger partial charge in [0.05, 0.1) is 0 Å². The van der Waals surface area contributed by atoms with Gasteiger partial charge in [0, 0.05) is 24.5 Å². The van der Waals surface area contributed by atoms with Crippen LogP contribution in [0.1, 0.15) is 48.4 Å². The zero-order valence-corrected chi connectivity index (χ0v) is 15.0. The summed E-state index contributed by atoms with van der Waals surface area (Å²) in [4.78, 5) is 23.4. The Morgan fingerprint density at radius 3 is 2.62 bits per heavy atom. The summed E-state index contributed by atoms with van der Waals surface area (Å²) in [5, 5.41) is 3.19. The lowest BCUT2D eigenvalue weighted by Crippen LogP contribution is -2.31. The van der Waals surface area contributed by atoms with Crippen molar-refractivity contribution in [1.82, 2.24) is 9.97 Å². The number of hydrogen-bond donors (Lipinski definition) is 1. The number of anilines is 2. The van der Waals surface area contributed by atoms with Crippen LogP contribution in [0.3, 0.4) is 0 Å². The van der Waals surface area contributed by atoms with Crippen LogP contribution >= 0.6 is 0 Å². The number of nitrogens with one attached hydrogen (secondary N) is 1. The Balaban J connectivity index is 2.26. The highest BCUT2D eigenvalue weighted by Gasteiger charge is 2.19. The number of amides is 1. The number of rotatable bonds is 7. The lowest BCUT2D eigenvalue weighted by Gasteiger charge is -2.21. The SMILES string of the molecule is CCCCNc1nc(C)cc(C(=O)N(CC)c2cccc(C)c2)n1. The van der Waals surface area contributed by atoms with Gasteiger partial charge in [-0.05, 0) is 51.0 Å². The fourth-order valence-electron chi connectivity index (χ4n) is 2.51. The number of aromatic nitrogens is 2. The minimum atomic E-state index is -0.104. The van der Waals surface area contributed by atoms with E-state index < -0.39 is 0 Å². The van der Waals surface area contributed by atoms with E-state index in [-0.39, 0.29) is 5.91 Å². The molecule has 0 radical (unpaired) electrons. The van der Waals surface area contributed by atoms with Crippen LogP contribution in [-0.2, 0) is 0 Å². The minimum absolute atomic E-state index is 0.104. The van der Waals surface area contributed by atoms with Gasteiger partial charge in [0.1, 0.15) is 5.69 Å². The fraction of sp³-hybridized carbons (Fsp3) is 0.421. The van der Waals surface area contributed by atoms with Gasteiger partial charge in [-0.3, -0.25) is 4.79 Å². The molecule has 24 heavy (non-hydrogen) atoms. The van der Waals surface area contributed by atoms with E-state index in [2.05, 4.69) is 22.2 Å². The number of benzene rings is 1. The van der Waals surface area contributed by atoms with Crippen LogP contribution in [0.2, 0.25) is 0 Å². The summed E-state index contributed by atoms with van der Waals surface area (Å²) in [5.41, 5.74) is 3.22. The van der Waals surface area contributed by atoms with Crippen molar-refractivity contribution in [2.75, 3.05) is 23.3 Å². The third kappa shape index (κ3) is 4.54. The first kappa shape index (κ1) is 17.9. The first-order chi connectivity index (χ1) is 11.5. The highest BCUT2D eigenvalue weighted by molar-refractivity contribution is 6.05. The van der Waals surface area contributed by atoms with E-state index in [0.29, 0.717) is 18.2 Å². The van der Waals surface area contributed by atoms with E-state index >= 15 is 0 Å². The van der Waals surface area contributed by atoms with Crippen molar-refractivity contribution in [3.63, 3.8) is 0 Å². The number of nitrogens with zero attached hydrogens (tertiary/aromatic N) is 3. The Morgan fingerprint density at radius 1 is 1.17 bits per heavy atom. The summed E-state index contributed by atoms with van der Waals surface area (Å²) in [6.07, 6.45) is 2.15. The Labute approximate surface area is 144 Å². The standard InChI is InChI=1S/C19H26N4O/c1-5-7-11-20-19-21-15(4)13-17(22-19)18(24)23(6-2)16-10-8-9-14(3)12-16/h8-10,12-13H,5-7,11H2,1-4H3,(H,20,21,22). The molecule has 1 N–H and O–H groups in total. The Morgan fingerprint density at radius 2 is 1.96 bits per heavy atom. The number of hydrogen-bond acceptors (Lipinski definition) is 4. The van der Waals surface area contributed by atoms with Gasteiger partial charge in [0.2, 0.25) is 5.95 Å². The minimum Gasteiger partial charge on any atom is -0.354 e. The maximum absolute atomic E-state index is 12.9. The van der Waals surface area contributed by atoms with Crippen LogP contribution in [-0.4, -0.2) is 29.0 Å². The molecule has 0 bridgehead atoms. The Kier molecular flexibility index (Phi) is 6.29. The van der Waals surface area contributed by atoms with Crippen LogP contribution in [0.4, 0.5) is 11.6 Å². The summed E-state index contributed by atoms with van der Waals surface area (Å²) >= 11 is 0. The summed E-state index contributed by atoms with van der Waals surface area (Å²) in [6, 6.07) is 9.68. The number of carbonyl (C=O) groups excluding carboxylic acids is 1. The molecule has 0 saturated heterocycles. The van der Waals surface area contributed by atoms with Crippen molar-refractivity contribution in [2.45, 2.75) is 40.5 Å². The lowest BCUT2D eigenvalue weighted by molar-refractivity contribution is 0.0983. The number of unbranched alkanes of at least 4 members (excludes halogenated alkanes) is 1. The molecular weight excluding hydrogens is 300 g/mol. The number of carbonyl (C=O) groups is 1. The molecule has 5 heteroatoms. The second kappa shape index (κ2) is 8.43. The number of aryl methyl sites for hydroxylation is 2. The van der Waals surface area contributed by atoms with Crippen LogP contribution in [0, 0.1) is 13.8 Å². The van der Waals surface area contributed by atoms with Gasteiger partial charge in [0.15, 0.2) is 0 Å². The van der Waals surface area contributed by atoms with Crippen molar-refractivity contribution in [3.05, 3.63) is 47.3 Å². The molecule has 0 aliphatic carbocycles. The maximum Gasteiger partial charge on any atom is 0.277 e. The molecule has 1 aromatic carbocycles. The van der Waals surface area contributed by atoms with Crippen LogP contribution < -0.4 is 10.2 Å². The van der Waals surface area contributed by atoms with Crippen LogP contribution in [0.15, 0.2) is 30.3 Å². The van der Waals surface area contributed by atoms with Crippen molar-refractivity contribution < 1.29 is 4.79 Å². The average Bonchev–Trinajstić information content (AvgIpc) is 2.55. The smallest absolute Gasteiger partial charge is 0.277 e. The zero-order chi connectivity index (χ0) is 17.5. The van der Waals surface area contributed by atoms with Crippen molar-refractivity contribution in [3.8, 4) is 0 Å². The first-order valence-corrected chi connectivity index (χ1v) is 8.53. The van der Waals surface area contributed by atoms with Crippen LogP contribution in [0.5, 0.6) is 0 Å². The molecule has 0 saturated carbocycles. The predicted octanol–water partition coefficient (Wildman–Crippen LogP) is 3.97. The van der Waals surface area contributed by atoms with Gasteiger partial charge in [-0.1, -0.05) is 25.5 Å². The third-order valence-electron chi connectivity index (χ3n) is 3.76. The van der Waals surface area contributed by atoms with Crippen LogP contribution in [0.25, 0.3) is 0 Å². The molecule has 1 heterocycles. The van der Waals surface area contributed by atoms with Gasteiger partial charge in [-0.25, -0.2) is 9.97 Å². The Bertz CT molecular complexity index is 700. The maximum atomic E-state index is 12.9. The van der Waals surface area contributed by atoms with Crippen molar-refractivity contribution in [2.24, 2.45) is 0 Å². The molecule has 0 spiro atoms. The molecule has 1 amide bonds. The zero-order valence-electron chi connectivity index (χ0n) is 15.0. The van der Waals surface area contributed by atoms with E-state index in [1.165, 1.54) is 0 Å². The quantitative estimate of drug-likeness (QED) is 0.782. The van der Waals surface area contributed by atoms with Gasteiger partial charge >= 0.3 is 0 Å². The molecule has 2 rings (SSSR count). The normalized spacial score (nSPS) is 10.5. The largest absolute Gasteiger partial charge is 0.354 e. The third-order valence-corrected chi connectivity index (χ3v) is 3.76. The first-order valence-electron chi connectivity index (χ1n) is 8.53. The van der Waals surface area contributed by atoms with E-state index in [0.717, 1.165) is 36.3 Å². The Hall–Kier alpha value is -2.43. The van der Waals surface area contributed by atoms with E-state index in [1.54, 1.807) is 11.0 Å². The van der Waals surface area contributed by atoms with Gasteiger partial charge < -0.3 is 10.2 Å². The predicted molar refractivity (Wildman–Crippen MR) is 98.7 cm³/mol. The highest BCUT2D eigenvalue weighted by atomic mass is 16.2. The monoisotopic (exact) mass is 326 g/mol. The van der Waals surface area contributed by atoms with Gasteiger partial charge in [-0.15, -0.1) is 0 Å². The molecule has 0 fully saturated rings. The molecule has 0 unspecified atom stereocenters. The molecule has 2 aromatic rings. The second-order valence-corrected chi connectivity index (χ2v) is 5.89. The van der Waals surface area contributed by atoms with E-state index in [9.17, 15) is 4.79 Å². The topological polar surface area (TPSA) is 58.1 Å². The molecule has 0 aliphatic heterocycles. The molecule has 1 aromatic heterocycles. The molecule has 128 valence electrons. The summed E-state index contributed by atoms with van der Waals surface area (Å²) in [6.45, 7) is 9.40. The summed E-state index contributed by atoms with van der Waals surface area (Å²) in [7, 11) is 0. The molecule has 5 nitrogen and oxygen atoms in total. The molecular formula is C19H26N4O. The van der Waals surface area contributed by atoms with Gasteiger partial charge in [0.25, 0.3) is 5.91 Å². The fourth-order valence-corrected chi connectivity index (χ4v) is 2.51. The lowest BCUT2D eigenvalue weighted by atomic mass is 10.2. The summed E-state index contributed by atoms with van der Waals surface area (Å²) in [5.74, 6) is 0.416. The van der Waals surface area contributed by atoms with E-state index in [4.69, 9.17) is 0 Å². The van der Waals surface area contributed by atoms with Crippen molar-refractivity contribution in [1.29, 1.82) is 0 Å². The van der Waals surface area contributed by atoms with Crippen molar-refractivity contribution >= 4 is 17.5 Å². The highest BCUT2D eigenvalue weighted by Crippen LogP contribution is 2.18. The van der Waals surface area contributed by atoms with E-state index in [1.807, 2.05) is 45.0 Å². The summed E-state index contributed by atoms with van der Waals surface area (Å²) < 4.78 is 0. The molecule has 0 atom stereocenters. The average molecular weight is 326 g/mol.